The Labute approximate surface area is 153 Å². The normalized spacial score (nSPS) is 23.1. The lowest BCUT2D eigenvalue weighted by Gasteiger charge is -2.40. The molecule has 6 nitrogen and oxygen atoms in total. The van der Waals surface area contributed by atoms with Crippen molar-refractivity contribution in [3.63, 3.8) is 0 Å². The van der Waals surface area contributed by atoms with Crippen molar-refractivity contribution in [2.45, 2.75) is 25.3 Å². The molecular weight excluding hydrogens is 332 g/mol. The van der Waals surface area contributed by atoms with Crippen LogP contribution in [-0.2, 0) is 0 Å². The van der Waals surface area contributed by atoms with Crippen LogP contribution in [0.3, 0.4) is 0 Å². The fraction of sp³-hybridized carbons (Fsp3) is 0.611. The number of aromatic nitrogens is 3. The zero-order valence-corrected chi connectivity index (χ0v) is 15.7. The molecule has 2 saturated heterocycles. The van der Waals surface area contributed by atoms with Gasteiger partial charge in [-0.25, -0.2) is 0 Å². The zero-order valence-electron chi connectivity index (χ0n) is 14.8. The quantitative estimate of drug-likeness (QED) is 0.835. The molecule has 2 aliphatic heterocycles. The molecule has 0 amide bonds. The molecule has 4 heterocycles. The van der Waals surface area contributed by atoms with Gasteiger partial charge in [0.25, 0.3) is 0 Å². The molecule has 2 aromatic heterocycles. The first kappa shape index (κ1) is 16.9. The molecule has 1 unspecified atom stereocenters. The fourth-order valence-corrected chi connectivity index (χ4v) is 4.60. The van der Waals surface area contributed by atoms with E-state index in [1.807, 2.05) is 18.2 Å². The topological polar surface area (TPSA) is 48.4 Å². The van der Waals surface area contributed by atoms with Gasteiger partial charge >= 0.3 is 0 Å². The molecular formula is C18H26N6S. The smallest absolute Gasteiger partial charge is 0.208 e. The second-order valence-corrected chi connectivity index (χ2v) is 7.98. The molecule has 7 heteroatoms. The number of likely N-dealkylation sites (N-methyl/N-ethyl adjacent to an activating group) is 1. The molecule has 0 spiro atoms. The van der Waals surface area contributed by atoms with Gasteiger partial charge in [-0.3, -0.25) is 9.88 Å². The maximum absolute atomic E-state index is 4.40. The van der Waals surface area contributed by atoms with E-state index in [0.29, 0.717) is 0 Å². The van der Waals surface area contributed by atoms with Crippen LogP contribution in [0.15, 0.2) is 24.4 Å². The molecule has 25 heavy (non-hydrogen) atoms. The number of pyridine rings is 1. The van der Waals surface area contributed by atoms with E-state index in [2.05, 4.69) is 36.9 Å². The van der Waals surface area contributed by atoms with Crippen molar-refractivity contribution in [2.75, 3.05) is 51.2 Å². The number of rotatable bonds is 4. The van der Waals surface area contributed by atoms with Crippen LogP contribution < -0.4 is 4.90 Å². The Bertz CT molecular complexity index is 667. The number of piperazine rings is 1. The number of piperidine rings is 1. The first-order valence-corrected chi connectivity index (χ1v) is 10.0. The predicted molar refractivity (Wildman–Crippen MR) is 102 cm³/mol. The Kier molecular flexibility index (Phi) is 5.24. The summed E-state index contributed by atoms with van der Waals surface area (Å²) < 4.78 is 0. The van der Waals surface area contributed by atoms with Crippen LogP contribution in [0.2, 0.25) is 0 Å². The molecule has 0 radical (unpaired) electrons. The highest BCUT2D eigenvalue weighted by Crippen LogP contribution is 2.28. The first-order valence-electron chi connectivity index (χ1n) is 9.22. The third-order valence-electron chi connectivity index (χ3n) is 5.33. The van der Waals surface area contributed by atoms with E-state index in [9.17, 15) is 0 Å². The molecule has 4 rings (SSSR count). The van der Waals surface area contributed by atoms with E-state index in [-0.39, 0.29) is 0 Å². The number of hydrogen-bond donors (Lipinski definition) is 0. The van der Waals surface area contributed by atoms with E-state index < -0.39 is 0 Å². The number of anilines is 1. The maximum Gasteiger partial charge on any atom is 0.208 e. The third-order valence-corrected chi connectivity index (χ3v) is 6.34. The molecule has 2 aliphatic rings. The van der Waals surface area contributed by atoms with Crippen LogP contribution in [0.1, 0.15) is 19.3 Å². The number of likely N-dealkylation sites (tertiary alicyclic amines) is 1. The lowest BCUT2D eigenvalue weighted by Crippen LogP contribution is -2.51. The van der Waals surface area contributed by atoms with Crippen molar-refractivity contribution >= 4 is 16.5 Å². The van der Waals surface area contributed by atoms with Crippen LogP contribution in [0.4, 0.5) is 5.13 Å². The first-order chi connectivity index (χ1) is 12.3. The Balaban J connectivity index is 1.32. The highest BCUT2D eigenvalue weighted by Gasteiger charge is 2.25. The molecule has 2 fully saturated rings. The fourth-order valence-electron chi connectivity index (χ4n) is 3.73. The van der Waals surface area contributed by atoms with E-state index in [4.69, 9.17) is 0 Å². The minimum Gasteiger partial charge on any atom is -0.344 e. The molecule has 0 N–H and O–H groups in total. The molecule has 2 aromatic rings. The summed E-state index contributed by atoms with van der Waals surface area (Å²) in [6.45, 7) is 6.76. The second kappa shape index (κ2) is 7.76. The monoisotopic (exact) mass is 358 g/mol. The molecule has 0 aliphatic carbocycles. The summed E-state index contributed by atoms with van der Waals surface area (Å²) in [4.78, 5) is 11.9. The van der Waals surface area contributed by atoms with Crippen LogP contribution in [0.5, 0.6) is 0 Å². The summed E-state index contributed by atoms with van der Waals surface area (Å²) in [5.41, 5.74) is 0.908. The van der Waals surface area contributed by atoms with Crippen LogP contribution in [0.25, 0.3) is 10.7 Å². The largest absolute Gasteiger partial charge is 0.344 e. The summed E-state index contributed by atoms with van der Waals surface area (Å²) in [5, 5.41) is 10.7. The Morgan fingerprint density at radius 2 is 1.96 bits per heavy atom. The summed E-state index contributed by atoms with van der Waals surface area (Å²) >= 11 is 1.64. The van der Waals surface area contributed by atoms with E-state index in [1.54, 1.807) is 17.5 Å². The summed E-state index contributed by atoms with van der Waals surface area (Å²) in [5.74, 6) is 0. The van der Waals surface area contributed by atoms with E-state index >= 15 is 0 Å². The average molecular weight is 359 g/mol. The van der Waals surface area contributed by atoms with Crippen LogP contribution >= 0.6 is 11.3 Å². The average Bonchev–Trinajstić information content (AvgIpc) is 3.15. The second-order valence-electron chi connectivity index (χ2n) is 7.02. The van der Waals surface area contributed by atoms with Crippen molar-refractivity contribution in [3.8, 4) is 10.7 Å². The van der Waals surface area contributed by atoms with E-state index in [0.717, 1.165) is 48.1 Å². The lowest BCUT2D eigenvalue weighted by molar-refractivity contribution is 0.124. The van der Waals surface area contributed by atoms with E-state index in [1.165, 1.54) is 32.4 Å². The van der Waals surface area contributed by atoms with Gasteiger partial charge in [0.1, 0.15) is 5.69 Å². The lowest BCUT2D eigenvalue weighted by atomic mass is 10.0. The van der Waals surface area contributed by atoms with Gasteiger partial charge in [-0.05, 0) is 38.6 Å². The molecule has 0 saturated carbocycles. The Morgan fingerprint density at radius 1 is 1.08 bits per heavy atom. The van der Waals surface area contributed by atoms with Gasteiger partial charge < -0.3 is 9.80 Å². The van der Waals surface area contributed by atoms with Gasteiger partial charge in [0.2, 0.25) is 5.13 Å². The number of nitrogens with zero attached hydrogens (tertiary/aromatic N) is 6. The van der Waals surface area contributed by atoms with Crippen molar-refractivity contribution in [1.82, 2.24) is 25.0 Å². The minimum absolute atomic E-state index is 0.734. The van der Waals surface area contributed by atoms with Gasteiger partial charge in [0.05, 0.1) is 0 Å². The molecule has 0 bridgehead atoms. The molecule has 0 aromatic carbocycles. The maximum atomic E-state index is 4.40. The SMILES string of the molecule is CN1CCCCC1CN1CCN(c2nnc(-c3ccccn3)s2)CC1. The standard InChI is InChI=1S/C18H26N6S/c1-22-9-5-3-6-15(22)14-23-10-12-24(13-11-23)18-21-20-17(25-18)16-7-2-4-8-19-16/h2,4,7-8,15H,3,5-6,9-14H2,1H3. The summed E-state index contributed by atoms with van der Waals surface area (Å²) in [7, 11) is 2.28. The van der Waals surface area contributed by atoms with Gasteiger partial charge in [-0.15, -0.1) is 10.2 Å². The minimum atomic E-state index is 0.734. The van der Waals surface area contributed by atoms with Crippen molar-refractivity contribution in [2.24, 2.45) is 0 Å². The number of hydrogen-bond acceptors (Lipinski definition) is 7. The van der Waals surface area contributed by atoms with Gasteiger partial charge in [-0.2, -0.15) is 0 Å². The van der Waals surface area contributed by atoms with Crippen LogP contribution in [0, 0.1) is 0 Å². The summed E-state index contributed by atoms with van der Waals surface area (Å²) in [6, 6.07) is 6.64. The predicted octanol–water partition coefficient (Wildman–Crippen LogP) is 2.21. The summed E-state index contributed by atoms with van der Waals surface area (Å²) in [6.07, 6.45) is 5.89. The van der Waals surface area contributed by atoms with Crippen molar-refractivity contribution < 1.29 is 0 Å². The van der Waals surface area contributed by atoms with Crippen LogP contribution in [-0.4, -0.2) is 77.3 Å². The Hall–Kier alpha value is -1.57. The van der Waals surface area contributed by atoms with Gasteiger partial charge in [-0.1, -0.05) is 23.8 Å². The third kappa shape index (κ3) is 3.99. The molecule has 1 atom stereocenters. The van der Waals surface area contributed by atoms with Crippen molar-refractivity contribution in [3.05, 3.63) is 24.4 Å². The van der Waals surface area contributed by atoms with Crippen molar-refractivity contribution in [1.29, 1.82) is 0 Å². The van der Waals surface area contributed by atoms with Gasteiger partial charge in [0, 0.05) is 45.0 Å². The zero-order chi connectivity index (χ0) is 17.1. The Morgan fingerprint density at radius 3 is 2.72 bits per heavy atom. The molecule has 134 valence electrons. The van der Waals surface area contributed by atoms with Gasteiger partial charge in [0.15, 0.2) is 5.01 Å². The highest BCUT2D eigenvalue weighted by molar-refractivity contribution is 7.18. The highest BCUT2D eigenvalue weighted by atomic mass is 32.1.